The fourth-order valence-corrected chi connectivity index (χ4v) is 0.721. The predicted molar refractivity (Wildman–Crippen MR) is 27.0 cm³/mol. The van der Waals surface area contributed by atoms with Crippen molar-refractivity contribution < 1.29 is 8.78 Å². The Hall–Kier alpha value is -0.180. The third-order valence-electron chi connectivity index (χ3n) is 1.44. The topological polar surface area (TPSA) is 12.0 Å². The van der Waals surface area contributed by atoms with Gasteiger partial charge in [0.1, 0.15) is 0 Å². The lowest BCUT2D eigenvalue weighted by atomic mass is 10.0. The quantitative estimate of drug-likeness (QED) is 0.545. The van der Waals surface area contributed by atoms with Crippen LogP contribution >= 0.6 is 0 Å². The second-order valence-electron chi connectivity index (χ2n) is 2.25. The first-order chi connectivity index (χ1) is 3.61. The molecule has 0 spiro atoms. The van der Waals surface area contributed by atoms with Crippen LogP contribution in [0.1, 0.15) is 13.3 Å². The molecule has 0 unspecified atom stereocenters. The Morgan fingerprint density at radius 2 is 2.12 bits per heavy atom. The molecule has 1 atom stereocenters. The molecule has 0 aromatic heterocycles. The van der Waals surface area contributed by atoms with E-state index in [1.807, 2.05) is 0 Å². The summed E-state index contributed by atoms with van der Waals surface area (Å²) < 4.78 is 24.2. The van der Waals surface area contributed by atoms with Gasteiger partial charge in [0, 0.05) is 6.92 Å². The Bertz CT molecular complexity index is 82.9. The van der Waals surface area contributed by atoms with Crippen LogP contribution < -0.4 is 5.32 Å². The molecule has 1 heterocycles. The number of nitrogens with one attached hydrogen (secondary N) is 1. The highest BCUT2D eigenvalue weighted by Gasteiger charge is 2.37. The summed E-state index contributed by atoms with van der Waals surface area (Å²) in [4.78, 5) is 0. The van der Waals surface area contributed by atoms with E-state index in [9.17, 15) is 8.78 Å². The van der Waals surface area contributed by atoms with Gasteiger partial charge in [0.15, 0.2) is 0 Å². The number of rotatable bonds is 1. The van der Waals surface area contributed by atoms with Crippen LogP contribution in [0.5, 0.6) is 0 Å². The van der Waals surface area contributed by atoms with Gasteiger partial charge in [-0.25, -0.2) is 8.78 Å². The van der Waals surface area contributed by atoms with Gasteiger partial charge in [0.2, 0.25) is 0 Å². The van der Waals surface area contributed by atoms with E-state index in [0.717, 1.165) is 13.5 Å². The highest BCUT2D eigenvalue weighted by Crippen LogP contribution is 2.23. The van der Waals surface area contributed by atoms with Gasteiger partial charge in [-0.3, -0.25) is 0 Å². The van der Waals surface area contributed by atoms with Gasteiger partial charge in [0.05, 0.1) is 6.04 Å². The lowest BCUT2D eigenvalue weighted by Crippen LogP contribution is -2.53. The first kappa shape index (κ1) is 5.95. The third kappa shape index (κ3) is 0.968. The molecule has 1 rings (SSSR count). The van der Waals surface area contributed by atoms with Gasteiger partial charge in [-0.2, -0.15) is 0 Å². The van der Waals surface area contributed by atoms with Crippen LogP contribution in [0.2, 0.25) is 0 Å². The van der Waals surface area contributed by atoms with Crippen LogP contribution in [0.15, 0.2) is 0 Å². The number of hydrogen-bond donors (Lipinski definition) is 1. The lowest BCUT2D eigenvalue weighted by Gasteiger charge is -2.32. The molecule has 1 aliphatic heterocycles. The van der Waals surface area contributed by atoms with Crippen molar-refractivity contribution in [3.05, 3.63) is 0 Å². The van der Waals surface area contributed by atoms with E-state index in [4.69, 9.17) is 0 Å². The molecular weight excluding hydrogens is 112 g/mol. The summed E-state index contributed by atoms with van der Waals surface area (Å²) >= 11 is 0. The summed E-state index contributed by atoms with van der Waals surface area (Å²) in [5.41, 5.74) is 0. The summed E-state index contributed by atoms with van der Waals surface area (Å²) in [7, 11) is 0. The molecule has 8 heavy (non-hydrogen) atoms. The smallest absolute Gasteiger partial charge is 0.260 e. The Balaban J connectivity index is 2.34. The summed E-state index contributed by atoms with van der Waals surface area (Å²) in [5, 5.41) is 2.64. The van der Waals surface area contributed by atoms with E-state index in [1.165, 1.54) is 0 Å². The Kier molecular flexibility index (Phi) is 1.23. The summed E-state index contributed by atoms with van der Waals surface area (Å²) in [6.45, 7) is 1.69. The molecular formula is C5H9F2N. The first-order valence-corrected chi connectivity index (χ1v) is 2.72. The molecule has 0 saturated carbocycles. The van der Waals surface area contributed by atoms with Crippen molar-refractivity contribution in [2.75, 3.05) is 6.54 Å². The van der Waals surface area contributed by atoms with Crippen LogP contribution in [0, 0.1) is 0 Å². The van der Waals surface area contributed by atoms with Crippen molar-refractivity contribution in [3.63, 3.8) is 0 Å². The average Bonchev–Trinajstić information content (AvgIpc) is 1.16. The maximum Gasteiger partial charge on any atom is 0.260 e. The first-order valence-electron chi connectivity index (χ1n) is 2.72. The molecule has 0 aromatic rings. The highest BCUT2D eigenvalue weighted by molar-refractivity contribution is 4.86. The monoisotopic (exact) mass is 121 g/mol. The van der Waals surface area contributed by atoms with Crippen molar-refractivity contribution in [1.82, 2.24) is 5.32 Å². The molecule has 1 nitrogen and oxygen atoms in total. The zero-order chi connectivity index (χ0) is 6.20. The second kappa shape index (κ2) is 1.65. The maximum atomic E-state index is 12.1. The number of halogens is 2. The molecule has 1 fully saturated rings. The molecule has 0 radical (unpaired) electrons. The molecule has 0 aromatic carbocycles. The normalized spacial score (nSPS) is 29.6. The highest BCUT2D eigenvalue weighted by atomic mass is 19.3. The molecule has 1 N–H and O–H groups in total. The van der Waals surface area contributed by atoms with E-state index in [1.54, 1.807) is 0 Å². The molecule has 0 amide bonds. The minimum absolute atomic E-state index is 0.553. The van der Waals surface area contributed by atoms with Crippen LogP contribution in [0.25, 0.3) is 0 Å². The van der Waals surface area contributed by atoms with Gasteiger partial charge >= 0.3 is 0 Å². The van der Waals surface area contributed by atoms with Crippen LogP contribution in [0.3, 0.4) is 0 Å². The van der Waals surface area contributed by atoms with Crippen molar-refractivity contribution in [2.24, 2.45) is 0 Å². The van der Waals surface area contributed by atoms with Crippen molar-refractivity contribution in [1.29, 1.82) is 0 Å². The minimum atomic E-state index is -2.52. The van der Waals surface area contributed by atoms with Gasteiger partial charge in [0.25, 0.3) is 5.92 Å². The van der Waals surface area contributed by atoms with Gasteiger partial charge in [-0.05, 0) is 13.0 Å². The minimum Gasteiger partial charge on any atom is -0.309 e. The fraction of sp³-hybridized carbons (Fsp3) is 1.00. The maximum absolute atomic E-state index is 12.1. The van der Waals surface area contributed by atoms with E-state index in [2.05, 4.69) is 5.32 Å². The van der Waals surface area contributed by atoms with Gasteiger partial charge in [-0.15, -0.1) is 0 Å². The van der Waals surface area contributed by atoms with E-state index >= 15 is 0 Å². The molecule has 0 bridgehead atoms. The Morgan fingerprint density at radius 1 is 1.62 bits per heavy atom. The van der Waals surface area contributed by atoms with Crippen molar-refractivity contribution in [3.8, 4) is 0 Å². The molecule has 0 aliphatic carbocycles. The van der Waals surface area contributed by atoms with E-state index < -0.39 is 12.0 Å². The largest absolute Gasteiger partial charge is 0.309 e. The average molecular weight is 121 g/mol. The Morgan fingerprint density at radius 3 is 2.12 bits per heavy atom. The lowest BCUT2D eigenvalue weighted by molar-refractivity contribution is -0.0402. The molecule has 1 aliphatic rings. The van der Waals surface area contributed by atoms with Crippen molar-refractivity contribution in [2.45, 2.75) is 25.3 Å². The molecule has 1 saturated heterocycles. The summed E-state index contributed by atoms with van der Waals surface area (Å²) in [6.07, 6.45) is 0.615. The molecule has 3 heteroatoms. The van der Waals surface area contributed by atoms with Crippen LogP contribution in [0.4, 0.5) is 8.78 Å². The fourth-order valence-electron chi connectivity index (χ4n) is 0.721. The number of hydrogen-bond acceptors (Lipinski definition) is 1. The Labute approximate surface area is 47.1 Å². The van der Waals surface area contributed by atoms with E-state index in [-0.39, 0.29) is 0 Å². The van der Waals surface area contributed by atoms with Gasteiger partial charge < -0.3 is 5.32 Å². The predicted octanol–water partition coefficient (Wildman–Crippen LogP) is 1.00. The zero-order valence-electron chi connectivity index (χ0n) is 4.75. The molecule has 48 valence electrons. The SMILES string of the molecule is CC(F)(F)[C@@H]1CCN1. The van der Waals surface area contributed by atoms with E-state index in [0.29, 0.717) is 6.42 Å². The standard InChI is InChI=1S/C5H9F2N/c1-5(6,7)4-2-3-8-4/h4,8H,2-3H2,1H3/t4-/m0/s1. The third-order valence-corrected chi connectivity index (χ3v) is 1.44. The van der Waals surface area contributed by atoms with Crippen molar-refractivity contribution >= 4 is 0 Å². The van der Waals surface area contributed by atoms with Crippen LogP contribution in [-0.4, -0.2) is 18.5 Å². The summed E-state index contributed by atoms with van der Waals surface area (Å²) in [5.74, 6) is -2.52. The number of alkyl halides is 2. The summed E-state index contributed by atoms with van der Waals surface area (Å²) in [6, 6.07) is -0.553. The van der Waals surface area contributed by atoms with Crippen LogP contribution in [-0.2, 0) is 0 Å². The zero-order valence-corrected chi connectivity index (χ0v) is 4.75. The second-order valence-corrected chi connectivity index (χ2v) is 2.25. The van der Waals surface area contributed by atoms with Gasteiger partial charge in [-0.1, -0.05) is 0 Å².